The maximum Gasteiger partial charge on any atom is 0.101 e. The third-order valence-corrected chi connectivity index (χ3v) is 11.1. The van der Waals surface area contributed by atoms with E-state index in [0.29, 0.717) is 11.1 Å². The Bertz CT molecular complexity index is 3350. The van der Waals surface area contributed by atoms with Crippen LogP contribution in [-0.4, -0.2) is 13.7 Å². The first-order chi connectivity index (χ1) is 27.2. The van der Waals surface area contributed by atoms with E-state index >= 15 is 0 Å². The molecule has 8 aromatic carbocycles. The van der Waals surface area contributed by atoms with E-state index in [1.807, 2.05) is 30.3 Å². The zero-order valence-electron chi connectivity index (χ0n) is 29.5. The molecular weight excluding hydrogens is 671 g/mol. The Morgan fingerprint density at radius 2 is 0.909 bits per heavy atom. The number of nitriles is 2. The summed E-state index contributed by atoms with van der Waals surface area (Å²) in [4.78, 5) is 0. The van der Waals surface area contributed by atoms with Gasteiger partial charge in [0, 0.05) is 43.6 Å². The van der Waals surface area contributed by atoms with Gasteiger partial charge >= 0.3 is 0 Å². The molecule has 0 unspecified atom stereocenters. The first kappa shape index (κ1) is 30.7. The van der Waals surface area contributed by atoms with E-state index in [1.165, 1.54) is 21.5 Å². The summed E-state index contributed by atoms with van der Waals surface area (Å²) in [7, 11) is 0. The van der Waals surface area contributed by atoms with Crippen LogP contribution in [0.2, 0.25) is 0 Å². The van der Waals surface area contributed by atoms with Gasteiger partial charge in [-0.15, -0.1) is 0 Å². The minimum atomic E-state index is 0.559. The monoisotopic (exact) mass is 699 g/mol. The van der Waals surface area contributed by atoms with Gasteiger partial charge in [-0.3, -0.25) is 0 Å². The van der Waals surface area contributed by atoms with Crippen molar-refractivity contribution in [2.24, 2.45) is 0 Å². The highest BCUT2D eigenvalue weighted by molar-refractivity contribution is 6.16. The summed E-state index contributed by atoms with van der Waals surface area (Å²) in [5, 5.41) is 27.6. The molecule has 0 fully saturated rings. The van der Waals surface area contributed by atoms with Gasteiger partial charge in [-0.1, -0.05) is 109 Å². The third-order valence-electron chi connectivity index (χ3n) is 11.1. The second-order valence-electron chi connectivity index (χ2n) is 14.0. The van der Waals surface area contributed by atoms with Gasteiger partial charge in [-0.05, 0) is 72.3 Å². The SMILES string of the molecule is N#Cc1ccc2c(c1)c1cccc(-n3c4ccccc4c4ccccc43)c1n2-c1c(C#N)cccc1-c1ccc(-n2c3ccccc3c3ccccc32)cc1. The van der Waals surface area contributed by atoms with Crippen molar-refractivity contribution in [1.82, 2.24) is 13.7 Å². The lowest BCUT2D eigenvalue weighted by molar-refractivity contribution is 1.12. The molecule has 11 aromatic rings. The normalized spacial score (nSPS) is 11.6. The Labute approximate surface area is 316 Å². The van der Waals surface area contributed by atoms with Crippen LogP contribution >= 0.6 is 0 Å². The highest BCUT2D eigenvalue weighted by atomic mass is 15.1. The summed E-state index contributed by atoms with van der Waals surface area (Å²) in [6, 6.07) is 65.9. The summed E-state index contributed by atoms with van der Waals surface area (Å²) in [5.41, 5.74) is 12.3. The molecule has 0 aliphatic carbocycles. The quantitative estimate of drug-likeness (QED) is 0.184. The molecule has 0 saturated heterocycles. The lowest BCUT2D eigenvalue weighted by atomic mass is 9.99. The number of para-hydroxylation sites is 6. The molecular formula is C50H29N5. The first-order valence-corrected chi connectivity index (χ1v) is 18.3. The number of hydrogen-bond donors (Lipinski definition) is 0. The molecule has 5 nitrogen and oxygen atoms in total. The van der Waals surface area contributed by atoms with E-state index in [4.69, 9.17) is 0 Å². The molecule has 0 aliphatic rings. The van der Waals surface area contributed by atoms with Gasteiger partial charge in [0.25, 0.3) is 0 Å². The second-order valence-corrected chi connectivity index (χ2v) is 14.0. The molecule has 0 aliphatic heterocycles. The van der Waals surface area contributed by atoms with Crippen molar-refractivity contribution in [3.63, 3.8) is 0 Å². The summed E-state index contributed by atoms with van der Waals surface area (Å²) >= 11 is 0. The van der Waals surface area contributed by atoms with Crippen molar-refractivity contribution < 1.29 is 0 Å². The molecule has 11 rings (SSSR count). The average molecular weight is 700 g/mol. The minimum Gasteiger partial charge on any atom is -0.309 e. The standard InChI is InChI=1S/C50H29N5/c51-30-32-23-28-47-42(29-32)41-17-10-22-48(54-45-20-7-3-14-39(45)40-15-4-8-21-46(40)54)50(41)55(47)49-34(31-52)11-9-16-36(49)33-24-26-35(27-25-33)53-43-18-5-1-12-37(43)38-13-2-6-19-44(38)53/h1-29H. The second kappa shape index (κ2) is 11.8. The molecule has 254 valence electrons. The zero-order valence-corrected chi connectivity index (χ0v) is 29.5. The Morgan fingerprint density at radius 3 is 1.49 bits per heavy atom. The van der Waals surface area contributed by atoms with Crippen LogP contribution in [0.25, 0.3) is 93.6 Å². The van der Waals surface area contributed by atoms with Gasteiger partial charge in [-0.25, -0.2) is 0 Å². The lowest BCUT2D eigenvalue weighted by Crippen LogP contribution is -2.04. The van der Waals surface area contributed by atoms with Crippen LogP contribution in [0, 0.1) is 22.7 Å². The summed E-state index contributed by atoms with van der Waals surface area (Å²) < 4.78 is 6.90. The minimum absolute atomic E-state index is 0.559. The van der Waals surface area contributed by atoms with Crippen LogP contribution < -0.4 is 0 Å². The Balaban J connectivity index is 1.21. The van der Waals surface area contributed by atoms with Crippen LogP contribution in [0.1, 0.15) is 11.1 Å². The number of benzene rings is 8. The lowest BCUT2D eigenvalue weighted by Gasteiger charge is -2.18. The van der Waals surface area contributed by atoms with E-state index in [-0.39, 0.29) is 0 Å². The molecule has 0 N–H and O–H groups in total. The topological polar surface area (TPSA) is 62.4 Å². The van der Waals surface area contributed by atoms with Gasteiger partial charge in [-0.2, -0.15) is 10.5 Å². The summed E-state index contributed by atoms with van der Waals surface area (Å²) in [6.07, 6.45) is 0. The van der Waals surface area contributed by atoms with Crippen molar-refractivity contribution in [3.05, 3.63) is 187 Å². The molecule has 0 atom stereocenters. The fraction of sp³-hybridized carbons (Fsp3) is 0. The Hall–Kier alpha value is -7.86. The van der Waals surface area contributed by atoms with Crippen molar-refractivity contribution in [3.8, 4) is 40.3 Å². The molecule has 55 heavy (non-hydrogen) atoms. The van der Waals surface area contributed by atoms with E-state index < -0.39 is 0 Å². The molecule has 0 amide bonds. The predicted octanol–water partition coefficient (Wildman–Crippen LogP) is 12.4. The van der Waals surface area contributed by atoms with Crippen LogP contribution in [0.5, 0.6) is 0 Å². The molecule has 0 saturated carbocycles. The largest absolute Gasteiger partial charge is 0.309 e. The molecule has 0 radical (unpaired) electrons. The fourth-order valence-corrected chi connectivity index (χ4v) is 8.81. The Morgan fingerprint density at radius 1 is 0.382 bits per heavy atom. The van der Waals surface area contributed by atoms with Crippen molar-refractivity contribution in [1.29, 1.82) is 10.5 Å². The van der Waals surface area contributed by atoms with Crippen LogP contribution in [0.4, 0.5) is 0 Å². The number of hydrogen-bond acceptors (Lipinski definition) is 2. The molecule has 5 heteroatoms. The molecule has 0 spiro atoms. The maximum absolute atomic E-state index is 10.8. The maximum atomic E-state index is 10.8. The van der Waals surface area contributed by atoms with Gasteiger partial charge < -0.3 is 13.7 Å². The zero-order chi connectivity index (χ0) is 36.6. The highest BCUT2D eigenvalue weighted by Gasteiger charge is 2.24. The van der Waals surface area contributed by atoms with Crippen LogP contribution in [0.15, 0.2) is 176 Å². The van der Waals surface area contributed by atoms with Crippen LogP contribution in [0.3, 0.4) is 0 Å². The fourth-order valence-electron chi connectivity index (χ4n) is 8.81. The number of rotatable bonds is 4. The number of fused-ring (bicyclic) bond motifs is 9. The molecule has 0 bridgehead atoms. The van der Waals surface area contributed by atoms with Crippen molar-refractivity contribution in [2.75, 3.05) is 0 Å². The third kappa shape index (κ3) is 4.39. The van der Waals surface area contributed by atoms with Gasteiger partial charge in [0.1, 0.15) is 6.07 Å². The molecule has 3 heterocycles. The van der Waals surface area contributed by atoms with Gasteiger partial charge in [0.15, 0.2) is 0 Å². The van der Waals surface area contributed by atoms with E-state index in [2.05, 4.69) is 171 Å². The average Bonchev–Trinajstić information content (AvgIpc) is 3.89. The summed E-state index contributed by atoms with van der Waals surface area (Å²) in [6.45, 7) is 0. The number of nitrogens with zero attached hydrogens (tertiary/aromatic N) is 5. The highest BCUT2D eigenvalue weighted by Crippen LogP contribution is 2.43. The number of aromatic nitrogens is 3. The van der Waals surface area contributed by atoms with Gasteiger partial charge in [0.05, 0.1) is 61.7 Å². The first-order valence-electron chi connectivity index (χ1n) is 18.3. The van der Waals surface area contributed by atoms with Crippen LogP contribution in [-0.2, 0) is 0 Å². The molecule has 3 aromatic heterocycles. The van der Waals surface area contributed by atoms with Crippen molar-refractivity contribution in [2.45, 2.75) is 0 Å². The smallest absolute Gasteiger partial charge is 0.101 e. The van der Waals surface area contributed by atoms with Crippen molar-refractivity contribution >= 4 is 65.4 Å². The summed E-state index contributed by atoms with van der Waals surface area (Å²) in [5.74, 6) is 0. The van der Waals surface area contributed by atoms with E-state index in [1.54, 1.807) is 0 Å². The van der Waals surface area contributed by atoms with E-state index in [9.17, 15) is 10.5 Å². The Kier molecular flexibility index (Phi) is 6.61. The van der Waals surface area contributed by atoms with E-state index in [0.717, 1.165) is 72.1 Å². The van der Waals surface area contributed by atoms with Gasteiger partial charge in [0.2, 0.25) is 0 Å². The predicted molar refractivity (Wildman–Crippen MR) is 224 cm³/mol.